The van der Waals surface area contributed by atoms with Crippen molar-refractivity contribution in [3.05, 3.63) is 33.8 Å². The number of nitrogens with one attached hydrogen (secondary N) is 1. The number of hydrazine groups is 1. The zero-order valence-electron chi connectivity index (χ0n) is 9.46. The first kappa shape index (κ1) is 13.2. The third-order valence-corrected chi connectivity index (χ3v) is 2.65. The zero-order chi connectivity index (χ0) is 12.0. The second-order valence-electron chi connectivity index (χ2n) is 3.33. The molecule has 0 aliphatic heterocycles. The molecule has 0 aliphatic rings. The Morgan fingerprint density at radius 2 is 2.31 bits per heavy atom. The van der Waals surface area contributed by atoms with Gasteiger partial charge in [0.1, 0.15) is 5.84 Å². The van der Waals surface area contributed by atoms with Crippen LogP contribution < -0.4 is 11.3 Å². The van der Waals surface area contributed by atoms with Crippen LogP contribution >= 0.6 is 15.9 Å². The lowest BCUT2D eigenvalue weighted by Crippen LogP contribution is -2.32. The Bertz CT molecular complexity index is 379. The lowest BCUT2D eigenvalue weighted by Gasteiger charge is -2.09. The molecule has 0 radical (unpaired) electrons. The molecule has 0 aliphatic carbocycles. The first-order valence-corrected chi connectivity index (χ1v) is 5.75. The van der Waals surface area contributed by atoms with Gasteiger partial charge in [-0.15, -0.1) is 0 Å². The van der Waals surface area contributed by atoms with Crippen molar-refractivity contribution in [2.24, 2.45) is 10.8 Å². The Morgan fingerprint density at radius 1 is 1.56 bits per heavy atom. The summed E-state index contributed by atoms with van der Waals surface area (Å²) in [5.74, 6) is 6.15. The van der Waals surface area contributed by atoms with Crippen molar-refractivity contribution in [1.29, 1.82) is 0 Å². The first-order valence-electron chi connectivity index (χ1n) is 4.95. The van der Waals surface area contributed by atoms with Crippen molar-refractivity contribution in [3.63, 3.8) is 0 Å². The van der Waals surface area contributed by atoms with Gasteiger partial charge in [-0.1, -0.05) is 22.0 Å². The molecule has 0 saturated heterocycles. The molecule has 0 bridgehead atoms. The lowest BCUT2D eigenvalue weighted by molar-refractivity contribution is 0.208. The predicted octanol–water partition coefficient (Wildman–Crippen LogP) is 1.61. The second-order valence-corrected chi connectivity index (χ2v) is 4.24. The molecule has 0 heterocycles. The normalized spacial score (nSPS) is 11.6. The topological polar surface area (TPSA) is 59.6 Å². The number of aliphatic imine (C=N–C) groups is 1. The van der Waals surface area contributed by atoms with E-state index in [1.54, 1.807) is 7.11 Å². The molecular formula is C11H16BrN3O. The number of halogens is 1. The van der Waals surface area contributed by atoms with Crippen LogP contribution in [-0.4, -0.2) is 26.1 Å². The number of benzene rings is 1. The van der Waals surface area contributed by atoms with E-state index in [4.69, 9.17) is 10.6 Å². The minimum atomic E-state index is 0.582. The molecule has 1 aromatic rings. The van der Waals surface area contributed by atoms with Gasteiger partial charge in [0.25, 0.3) is 0 Å². The van der Waals surface area contributed by atoms with Gasteiger partial charge in [-0.2, -0.15) is 0 Å². The average molecular weight is 286 g/mol. The van der Waals surface area contributed by atoms with E-state index in [0.717, 1.165) is 15.6 Å². The summed E-state index contributed by atoms with van der Waals surface area (Å²) in [4.78, 5) is 4.34. The van der Waals surface area contributed by atoms with E-state index in [9.17, 15) is 0 Å². The monoisotopic (exact) mass is 285 g/mol. The molecule has 0 unspecified atom stereocenters. The van der Waals surface area contributed by atoms with Gasteiger partial charge >= 0.3 is 0 Å². The van der Waals surface area contributed by atoms with Crippen LogP contribution in [0.2, 0.25) is 0 Å². The Kier molecular flexibility index (Phi) is 5.45. The summed E-state index contributed by atoms with van der Waals surface area (Å²) in [5.41, 5.74) is 4.73. The minimum absolute atomic E-state index is 0.582. The molecule has 1 aromatic carbocycles. The Balaban J connectivity index is 2.94. The Labute approximate surface area is 104 Å². The number of amidine groups is 1. The van der Waals surface area contributed by atoms with E-state index in [-0.39, 0.29) is 0 Å². The highest BCUT2D eigenvalue weighted by molar-refractivity contribution is 9.10. The van der Waals surface area contributed by atoms with Crippen LogP contribution in [0.5, 0.6) is 0 Å². The molecule has 0 amide bonds. The maximum absolute atomic E-state index is 5.47. The molecule has 0 fully saturated rings. The molecule has 1 rings (SSSR count). The van der Waals surface area contributed by atoms with Crippen LogP contribution in [0.25, 0.3) is 0 Å². The smallest absolute Gasteiger partial charge is 0.142 e. The van der Waals surface area contributed by atoms with Gasteiger partial charge in [0.05, 0.1) is 13.2 Å². The SMILES string of the molecule is COCCN=C(NN)c1cc(Br)ccc1C. The van der Waals surface area contributed by atoms with Crippen molar-refractivity contribution in [1.82, 2.24) is 5.43 Å². The van der Waals surface area contributed by atoms with Gasteiger partial charge in [-0.05, 0) is 24.6 Å². The summed E-state index contributed by atoms with van der Waals surface area (Å²) in [6.07, 6.45) is 0. The van der Waals surface area contributed by atoms with Gasteiger partial charge in [0, 0.05) is 17.1 Å². The van der Waals surface area contributed by atoms with E-state index < -0.39 is 0 Å². The summed E-state index contributed by atoms with van der Waals surface area (Å²) < 4.78 is 5.94. The standard InChI is InChI=1S/C11H16BrN3O/c1-8-3-4-9(12)7-10(8)11(15-13)14-5-6-16-2/h3-4,7H,5-6,13H2,1-2H3,(H,14,15). The average Bonchev–Trinajstić information content (AvgIpc) is 2.28. The maximum atomic E-state index is 5.47. The molecule has 0 atom stereocenters. The van der Waals surface area contributed by atoms with Crippen molar-refractivity contribution in [2.45, 2.75) is 6.92 Å². The summed E-state index contributed by atoms with van der Waals surface area (Å²) in [6, 6.07) is 5.99. The summed E-state index contributed by atoms with van der Waals surface area (Å²) in [7, 11) is 1.65. The van der Waals surface area contributed by atoms with E-state index in [1.165, 1.54) is 0 Å². The molecule has 4 nitrogen and oxygen atoms in total. The molecule has 3 N–H and O–H groups in total. The maximum Gasteiger partial charge on any atom is 0.142 e. The van der Waals surface area contributed by atoms with E-state index in [1.807, 2.05) is 25.1 Å². The van der Waals surface area contributed by atoms with Crippen molar-refractivity contribution >= 4 is 21.8 Å². The fourth-order valence-corrected chi connectivity index (χ4v) is 1.67. The largest absolute Gasteiger partial charge is 0.383 e. The molecule has 0 aromatic heterocycles. The van der Waals surface area contributed by atoms with Crippen molar-refractivity contribution in [2.75, 3.05) is 20.3 Å². The van der Waals surface area contributed by atoms with E-state index in [0.29, 0.717) is 19.0 Å². The van der Waals surface area contributed by atoms with Crippen LogP contribution in [0.1, 0.15) is 11.1 Å². The van der Waals surface area contributed by atoms with E-state index in [2.05, 4.69) is 26.3 Å². The minimum Gasteiger partial charge on any atom is -0.383 e. The zero-order valence-corrected chi connectivity index (χ0v) is 11.0. The highest BCUT2D eigenvalue weighted by Crippen LogP contribution is 2.16. The molecule has 0 spiro atoms. The van der Waals surface area contributed by atoms with Gasteiger partial charge < -0.3 is 10.2 Å². The third-order valence-electron chi connectivity index (χ3n) is 2.16. The number of methoxy groups -OCH3 is 1. The number of nitrogens with zero attached hydrogens (tertiary/aromatic N) is 1. The number of aryl methyl sites for hydroxylation is 1. The molecule has 88 valence electrons. The fraction of sp³-hybridized carbons (Fsp3) is 0.364. The summed E-state index contributed by atoms with van der Waals surface area (Å²) in [5, 5.41) is 0. The van der Waals surface area contributed by atoms with Crippen LogP contribution in [-0.2, 0) is 4.74 Å². The second kappa shape index (κ2) is 6.62. The Morgan fingerprint density at radius 3 is 2.94 bits per heavy atom. The number of rotatable bonds is 4. The quantitative estimate of drug-likeness (QED) is 0.291. The van der Waals surface area contributed by atoms with E-state index >= 15 is 0 Å². The van der Waals surface area contributed by atoms with Gasteiger partial charge in [0.2, 0.25) is 0 Å². The number of nitrogens with two attached hydrogens (primary N) is 1. The fourth-order valence-electron chi connectivity index (χ4n) is 1.31. The molecule has 0 saturated carbocycles. The van der Waals surface area contributed by atoms with Gasteiger partial charge in [-0.3, -0.25) is 4.99 Å². The first-order chi connectivity index (χ1) is 7.69. The van der Waals surface area contributed by atoms with Crippen molar-refractivity contribution < 1.29 is 4.74 Å². The third kappa shape index (κ3) is 3.59. The highest BCUT2D eigenvalue weighted by Gasteiger charge is 2.05. The van der Waals surface area contributed by atoms with Crippen LogP contribution in [0, 0.1) is 6.92 Å². The summed E-state index contributed by atoms with van der Waals surface area (Å²) in [6.45, 7) is 3.19. The van der Waals surface area contributed by atoms with Gasteiger partial charge in [-0.25, -0.2) is 5.84 Å². The predicted molar refractivity (Wildman–Crippen MR) is 69.5 cm³/mol. The molecule has 5 heteroatoms. The lowest BCUT2D eigenvalue weighted by atomic mass is 10.1. The summed E-state index contributed by atoms with van der Waals surface area (Å²) >= 11 is 3.43. The Hall–Kier alpha value is -0.910. The van der Waals surface area contributed by atoms with Crippen LogP contribution in [0.15, 0.2) is 27.7 Å². The number of ether oxygens (including phenoxy) is 1. The van der Waals surface area contributed by atoms with Crippen LogP contribution in [0.3, 0.4) is 0 Å². The highest BCUT2D eigenvalue weighted by atomic mass is 79.9. The van der Waals surface area contributed by atoms with Gasteiger partial charge in [0.15, 0.2) is 0 Å². The van der Waals surface area contributed by atoms with Crippen LogP contribution in [0.4, 0.5) is 0 Å². The van der Waals surface area contributed by atoms with Crippen molar-refractivity contribution in [3.8, 4) is 0 Å². The number of hydrogen-bond acceptors (Lipinski definition) is 3. The number of hydrogen-bond donors (Lipinski definition) is 2. The molecule has 16 heavy (non-hydrogen) atoms. The molecular weight excluding hydrogens is 270 g/mol.